The number of primary sulfonamides is 1. The normalized spacial score (nSPS) is 12.4. The van der Waals surface area contributed by atoms with E-state index in [1.165, 1.54) is 29.9 Å². The lowest BCUT2D eigenvalue weighted by molar-refractivity contribution is -0.141. The number of sulfonamides is 1. The summed E-state index contributed by atoms with van der Waals surface area (Å²) >= 11 is 1.10. The van der Waals surface area contributed by atoms with Gasteiger partial charge in [0.1, 0.15) is 6.54 Å². The van der Waals surface area contributed by atoms with Gasteiger partial charge in [0, 0.05) is 0 Å². The minimum Gasteiger partial charge on any atom is -0.468 e. The van der Waals surface area contributed by atoms with Crippen molar-refractivity contribution < 1.29 is 22.7 Å². The van der Waals surface area contributed by atoms with Gasteiger partial charge in [0.15, 0.2) is 4.80 Å². The molecule has 2 N–H and O–H groups in total. The quantitative estimate of drug-likeness (QED) is 0.450. The van der Waals surface area contributed by atoms with E-state index in [1.807, 2.05) is 42.5 Å². The van der Waals surface area contributed by atoms with Gasteiger partial charge in [0.2, 0.25) is 10.0 Å². The van der Waals surface area contributed by atoms with Crippen LogP contribution in [0.4, 0.5) is 0 Å². The van der Waals surface area contributed by atoms with E-state index in [-0.39, 0.29) is 22.7 Å². The average Bonchev–Trinajstić information content (AvgIpc) is 3.09. The third kappa shape index (κ3) is 4.47. The largest absolute Gasteiger partial charge is 0.468 e. The van der Waals surface area contributed by atoms with Crippen LogP contribution in [0.1, 0.15) is 5.56 Å². The fourth-order valence-corrected chi connectivity index (χ4v) is 5.12. The zero-order valence-corrected chi connectivity index (χ0v) is 18.7. The number of rotatable bonds is 5. The van der Waals surface area contributed by atoms with Crippen LogP contribution < -0.4 is 9.94 Å². The predicted molar refractivity (Wildman–Crippen MR) is 121 cm³/mol. The molecule has 0 fully saturated rings. The number of esters is 1. The first kappa shape index (κ1) is 21.9. The summed E-state index contributed by atoms with van der Waals surface area (Å²) in [4.78, 5) is 29.2. The number of carbonyl (C=O) groups is 2. The summed E-state index contributed by atoms with van der Waals surface area (Å²) < 4.78 is 30.2. The number of carbonyl (C=O) groups excluding carboxylic acids is 2. The number of benzene rings is 3. The van der Waals surface area contributed by atoms with Crippen molar-refractivity contribution in [2.45, 2.75) is 17.9 Å². The van der Waals surface area contributed by atoms with Crippen LogP contribution in [0.5, 0.6) is 0 Å². The zero-order valence-electron chi connectivity index (χ0n) is 17.0. The molecule has 164 valence electrons. The van der Waals surface area contributed by atoms with Gasteiger partial charge in [-0.2, -0.15) is 4.99 Å². The molecule has 0 aliphatic heterocycles. The standard InChI is InChI=1S/C22H19N3O5S2/c1-30-21(27)13-25-18-10-9-16(32(23,28)29)12-19(18)31-22(25)24-20(26)11-15-7-4-6-14-5-2-3-8-17(14)15/h2-10,12H,11,13H2,1H3,(H2,23,28,29). The molecule has 0 spiro atoms. The van der Waals surface area contributed by atoms with E-state index in [0.717, 1.165) is 27.7 Å². The van der Waals surface area contributed by atoms with Crippen LogP contribution >= 0.6 is 11.3 Å². The summed E-state index contributed by atoms with van der Waals surface area (Å²) in [5.74, 6) is -0.915. The van der Waals surface area contributed by atoms with Crippen LogP contribution in [0.2, 0.25) is 0 Å². The Morgan fingerprint density at radius 2 is 1.84 bits per heavy atom. The van der Waals surface area contributed by atoms with Gasteiger partial charge in [-0.15, -0.1) is 0 Å². The Bertz CT molecular complexity index is 1530. The first-order valence-corrected chi connectivity index (χ1v) is 11.9. The lowest BCUT2D eigenvalue weighted by atomic mass is 10.0. The summed E-state index contributed by atoms with van der Waals surface area (Å²) in [5.41, 5.74) is 1.39. The highest BCUT2D eigenvalue weighted by Crippen LogP contribution is 2.22. The predicted octanol–water partition coefficient (Wildman–Crippen LogP) is 2.35. The van der Waals surface area contributed by atoms with E-state index in [2.05, 4.69) is 4.99 Å². The Balaban J connectivity index is 1.79. The van der Waals surface area contributed by atoms with E-state index in [4.69, 9.17) is 9.88 Å². The van der Waals surface area contributed by atoms with E-state index in [0.29, 0.717) is 10.2 Å². The molecule has 4 rings (SSSR count). The summed E-state index contributed by atoms with van der Waals surface area (Å²) in [6, 6.07) is 17.8. The van der Waals surface area contributed by atoms with Gasteiger partial charge in [0.25, 0.3) is 5.91 Å². The molecule has 0 aliphatic rings. The average molecular weight is 470 g/mol. The van der Waals surface area contributed by atoms with Crippen molar-refractivity contribution in [3.05, 3.63) is 71.0 Å². The number of amides is 1. The number of hydrogen-bond acceptors (Lipinski definition) is 6. The van der Waals surface area contributed by atoms with Crippen LogP contribution in [-0.2, 0) is 37.3 Å². The van der Waals surface area contributed by atoms with Gasteiger partial charge in [0.05, 0.1) is 28.6 Å². The molecule has 0 aliphatic carbocycles. The van der Waals surface area contributed by atoms with Gasteiger partial charge in [-0.3, -0.25) is 9.59 Å². The van der Waals surface area contributed by atoms with Crippen molar-refractivity contribution in [2.24, 2.45) is 10.1 Å². The Morgan fingerprint density at radius 1 is 1.09 bits per heavy atom. The molecule has 8 nitrogen and oxygen atoms in total. The molecular weight excluding hydrogens is 450 g/mol. The molecule has 0 radical (unpaired) electrons. The second-order valence-electron chi connectivity index (χ2n) is 7.04. The molecule has 1 aromatic heterocycles. The van der Waals surface area contributed by atoms with Gasteiger partial charge in [-0.25, -0.2) is 13.6 Å². The van der Waals surface area contributed by atoms with Gasteiger partial charge in [-0.05, 0) is 34.5 Å². The molecule has 0 unspecified atom stereocenters. The number of nitrogens with two attached hydrogens (primary N) is 1. The molecule has 0 saturated carbocycles. The minimum atomic E-state index is -3.90. The fraction of sp³-hybridized carbons (Fsp3) is 0.136. The first-order chi connectivity index (χ1) is 15.3. The number of hydrogen-bond donors (Lipinski definition) is 1. The molecule has 0 bridgehead atoms. The van der Waals surface area contributed by atoms with Crippen molar-refractivity contribution >= 4 is 54.2 Å². The molecule has 0 atom stereocenters. The molecule has 1 heterocycles. The lowest BCUT2D eigenvalue weighted by Crippen LogP contribution is -2.22. The molecular formula is C22H19N3O5S2. The Morgan fingerprint density at radius 3 is 2.59 bits per heavy atom. The second-order valence-corrected chi connectivity index (χ2v) is 9.61. The van der Waals surface area contributed by atoms with Gasteiger partial charge in [-0.1, -0.05) is 53.8 Å². The lowest BCUT2D eigenvalue weighted by Gasteiger charge is -2.05. The number of ether oxygens (including phenoxy) is 1. The summed E-state index contributed by atoms with van der Waals surface area (Å²) in [6.45, 7) is -0.175. The Hall–Kier alpha value is -3.34. The number of aromatic nitrogens is 1. The SMILES string of the molecule is COC(=O)Cn1c(=NC(=O)Cc2cccc3ccccc23)sc2cc(S(N)(=O)=O)ccc21. The van der Waals surface area contributed by atoms with E-state index in [9.17, 15) is 18.0 Å². The third-order valence-electron chi connectivity index (χ3n) is 4.94. The third-order valence-corrected chi connectivity index (χ3v) is 6.89. The van der Waals surface area contributed by atoms with Crippen molar-refractivity contribution in [3.63, 3.8) is 0 Å². The maximum atomic E-state index is 12.8. The highest BCUT2D eigenvalue weighted by molar-refractivity contribution is 7.89. The summed E-state index contributed by atoms with van der Waals surface area (Å²) in [7, 11) is -2.64. The van der Waals surface area contributed by atoms with Crippen LogP contribution in [0.25, 0.3) is 21.0 Å². The molecule has 10 heteroatoms. The number of thiazole rings is 1. The maximum Gasteiger partial charge on any atom is 0.325 e. The van der Waals surface area contributed by atoms with Crippen molar-refractivity contribution in [2.75, 3.05) is 7.11 Å². The topological polar surface area (TPSA) is 121 Å². The van der Waals surface area contributed by atoms with Crippen molar-refractivity contribution in [3.8, 4) is 0 Å². The minimum absolute atomic E-state index is 0.0647. The van der Waals surface area contributed by atoms with E-state index in [1.54, 1.807) is 0 Å². The molecule has 3 aromatic carbocycles. The first-order valence-electron chi connectivity index (χ1n) is 9.53. The van der Waals surface area contributed by atoms with Crippen LogP contribution in [-0.4, -0.2) is 32.0 Å². The Kier molecular flexibility index (Phi) is 5.92. The summed E-state index contributed by atoms with van der Waals surface area (Å²) in [6.07, 6.45) is 0.0796. The van der Waals surface area contributed by atoms with Gasteiger partial charge >= 0.3 is 5.97 Å². The van der Waals surface area contributed by atoms with E-state index < -0.39 is 21.9 Å². The number of fused-ring (bicyclic) bond motifs is 2. The smallest absolute Gasteiger partial charge is 0.325 e. The van der Waals surface area contributed by atoms with Crippen LogP contribution in [0, 0.1) is 0 Å². The highest BCUT2D eigenvalue weighted by atomic mass is 32.2. The van der Waals surface area contributed by atoms with Crippen molar-refractivity contribution in [1.29, 1.82) is 0 Å². The monoisotopic (exact) mass is 469 g/mol. The molecule has 32 heavy (non-hydrogen) atoms. The van der Waals surface area contributed by atoms with Gasteiger partial charge < -0.3 is 9.30 Å². The molecule has 1 amide bonds. The zero-order chi connectivity index (χ0) is 22.9. The number of nitrogens with zero attached hydrogens (tertiary/aromatic N) is 2. The van der Waals surface area contributed by atoms with E-state index >= 15 is 0 Å². The highest BCUT2D eigenvalue weighted by Gasteiger charge is 2.15. The van der Waals surface area contributed by atoms with Crippen molar-refractivity contribution in [1.82, 2.24) is 4.57 Å². The fourth-order valence-electron chi connectivity index (χ4n) is 3.42. The Labute approximate surface area is 187 Å². The maximum absolute atomic E-state index is 12.8. The molecule has 0 saturated heterocycles. The van der Waals surface area contributed by atoms with Crippen LogP contribution in [0.15, 0.2) is 70.6 Å². The van der Waals surface area contributed by atoms with Crippen LogP contribution in [0.3, 0.4) is 0 Å². The molecule has 4 aromatic rings. The second kappa shape index (κ2) is 8.65. The summed E-state index contributed by atoms with van der Waals surface area (Å²) in [5, 5.41) is 7.22. The number of methoxy groups -OCH3 is 1.